The van der Waals surface area contributed by atoms with Gasteiger partial charge >= 0.3 is 6.03 Å². The van der Waals surface area contributed by atoms with Gasteiger partial charge in [-0.05, 0) is 24.6 Å². The molecule has 0 fully saturated rings. The minimum absolute atomic E-state index is 0.130. The standard InChI is InChI=1S/C14H14FN3O2/c1-7-11-10(13(19)18(7)2)12(17-14(20)16-11)8-3-5-9(15)6-4-8/h3-7,12H,1-2H3,(H2,16,17,20). The van der Waals surface area contributed by atoms with Crippen LogP contribution in [0.3, 0.4) is 0 Å². The van der Waals surface area contributed by atoms with E-state index in [0.717, 1.165) is 0 Å². The first kappa shape index (κ1) is 12.7. The SMILES string of the molecule is CC1C2=C(C(=O)N1C)C(c1ccc(F)cc1)NC(=O)N2. The van der Waals surface area contributed by atoms with Crippen molar-refractivity contribution in [3.05, 3.63) is 46.9 Å². The summed E-state index contributed by atoms with van der Waals surface area (Å²) in [7, 11) is 1.69. The first-order chi connectivity index (χ1) is 9.49. The number of halogens is 1. The lowest BCUT2D eigenvalue weighted by Crippen LogP contribution is -2.45. The Bertz CT molecular complexity index is 624. The second-order valence-corrected chi connectivity index (χ2v) is 5.00. The number of rotatable bonds is 1. The molecule has 1 aromatic carbocycles. The van der Waals surface area contributed by atoms with Crippen LogP contribution in [0.5, 0.6) is 0 Å². The van der Waals surface area contributed by atoms with Crippen LogP contribution in [-0.2, 0) is 4.79 Å². The van der Waals surface area contributed by atoms with Gasteiger partial charge in [-0.3, -0.25) is 4.79 Å². The molecular weight excluding hydrogens is 261 g/mol. The number of benzene rings is 1. The number of likely N-dealkylation sites (N-methyl/N-ethyl adjacent to an activating group) is 1. The van der Waals surface area contributed by atoms with Crippen LogP contribution in [0.25, 0.3) is 0 Å². The highest BCUT2D eigenvalue weighted by atomic mass is 19.1. The van der Waals surface area contributed by atoms with Gasteiger partial charge in [-0.25, -0.2) is 9.18 Å². The van der Waals surface area contributed by atoms with E-state index in [4.69, 9.17) is 0 Å². The van der Waals surface area contributed by atoms with Crippen LogP contribution < -0.4 is 10.6 Å². The predicted molar refractivity (Wildman–Crippen MR) is 70.1 cm³/mol. The second-order valence-electron chi connectivity index (χ2n) is 5.00. The summed E-state index contributed by atoms with van der Waals surface area (Å²) in [5.74, 6) is -0.485. The molecule has 5 nitrogen and oxygen atoms in total. The molecular formula is C14H14FN3O2. The Kier molecular flexibility index (Phi) is 2.74. The van der Waals surface area contributed by atoms with Gasteiger partial charge in [0.2, 0.25) is 0 Å². The molecule has 20 heavy (non-hydrogen) atoms. The van der Waals surface area contributed by atoms with E-state index in [2.05, 4.69) is 10.6 Å². The maximum atomic E-state index is 13.0. The van der Waals surface area contributed by atoms with E-state index in [9.17, 15) is 14.0 Å². The number of carbonyl (C=O) groups is 2. The molecule has 0 aliphatic carbocycles. The summed E-state index contributed by atoms with van der Waals surface area (Å²) in [4.78, 5) is 25.6. The number of hydrogen-bond donors (Lipinski definition) is 2. The van der Waals surface area contributed by atoms with Crippen molar-refractivity contribution >= 4 is 11.9 Å². The lowest BCUT2D eigenvalue weighted by Gasteiger charge is -2.26. The van der Waals surface area contributed by atoms with Gasteiger partial charge in [0.15, 0.2) is 0 Å². The van der Waals surface area contributed by atoms with E-state index in [0.29, 0.717) is 16.8 Å². The molecule has 6 heteroatoms. The quantitative estimate of drug-likeness (QED) is 0.811. The number of nitrogens with zero attached hydrogens (tertiary/aromatic N) is 1. The lowest BCUT2D eigenvalue weighted by atomic mass is 9.95. The van der Waals surface area contributed by atoms with Crippen molar-refractivity contribution < 1.29 is 14.0 Å². The van der Waals surface area contributed by atoms with Gasteiger partial charge in [-0.2, -0.15) is 0 Å². The largest absolute Gasteiger partial charge is 0.334 e. The summed E-state index contributed by atoms with van der Waals surface area (Å²) in [6.45, 7) is 1.85. The molecule has 3 amide bonds. The summed E-state index contributed by atoms with van der Waals surface area (Å²) in [5.41, 5.74) is 1.83. The number of carbonyl (C=O) groups excluding carboxylic acids is 2. The monoisotopic (exact) mass is 275 g/mol. The first-order valence-corrected chi connectivity index (χ1v) is 6.33. The lowest BCUT2D eigenvalue weighted by molar-refractivity contribution is -0.125. The molecule has 1 aromatic rings. The second kappa shape index (κ2) is 4.33. The fourth-order valence-corrected chi connectivity index (χ4v) is 2.62. The Morgan fingerprint density at radius 2 is 1.85 bits per heavy atom. The molecule has 2 heterocycles. The maximum absolute atomic E-state index is 13.0. The van der Waals surface area contributed by atoms with Crippen molar-refractivity contribution in [3.8, 4) is 0 Å². The van der Waals surface area contributed by atoms with E-state index in [1.807, 2.05) is 6.92 Å². The summed E-state index contributed by atoms with van der Waals surface area (Å²) >= 11 is 0. The van der Waals surface area contributed by atoms with Crippen LogP contribution in [0.4, 0.5) is 9.18 Å². The average molecular weight is 275 g/mol. The zero-order valence-electron chi connectivity index (χ0n) is 11.1. The van der Waals surface area contributed by atoms with E-state index < -0.39 is 6.04 Å². The van der Waals surface area contributed by atoms with Crippen molar-refractivity contribution in [2.45, 2.75) is 19.0 Å². The Hall–Kier alpha value is -2.37. The average Bonchev–Trinajstić information content (AvgIpc) is 2.64. The van der Waals surface area contributed by atoms with Crippen molar-refractivity contribution in [1.82, 2.24) is 15.5 Å². The van der Waals surface area contributed by atoms with Gasteiger partial charge in [0.1, 0.15) is 5.82 Å². The molecule has 2 aliphatic heterocycles. The van der Waals surface area contributed by atoms with Crippen LogP contribution in [0.2, 0.25) is 0 Å². The Balaban J connectivity index is 2.08. The highest BCUT2D eigenvalue weighted by Crippen LogP contribution is 2.34. The summed E-state index contributed by atoms with van der Waals surface area (Å²) in [6, 6.07) is 4.71. The van der Waals surface area contributed by atoms with Gasteiger partial charge in [0.05, 0.1) is 23.4 Å². The number of amides is 3. The molecule has 0 saturated heterocycles. The van der Waals surface area contributed by atoms with Gasteiger partial charge in [0, 0.05) is 7.05 Å². The molecule has 3 rings (SSSR count). The number of urea groups is 1. The summed E-state index contributed by atoms with van der Waals surface area (Å²) < 4.78 is 13.0. The summed E-state index contributed by atoms with van der Waals surface area (Å²) in [5, 5.41) is 5.41. The van der Waals surface area contributed by atoms with Crippen molar-refractivity contribution in [2.24, 2.45) is 0 Å². The van der Waals surface area contributed by atoms with E-state index in [-0.39, 0.29) is 23.8 Å². The smallest absolute Gasteiger partial charge is 0.319 e. The van der Waals surface area contributed by atoms with Crippen molar-refractivity contribution in [2.75, 3.05) is 7.05 Å². The van der Waals surface area contributed by atoms with E-state index in [1.54, 1.807) is 24.1 Å². The third kappa shape index (κ3) is 1.76. The van der Waals surface area contributed by atoms with Gasteiger partial charge in [-0.15, -0.1) is 0 Å². The van der Waals surface area contributed by atoms with E-state index >= 15 is 0 Å². The minimum atomic E-state index is -0.542. The molecule has 2 unspecified atom stereocenters. The Morgan fingerprint density at radius 3 is 2.50 bits per heavy atom. The highest BCUT2D eigenvalue weighted by molar-refractivity contribution is 6.01. The molecule has 2 atom stereocenters. The predicted octanol–water partition coefficient (Wildman–Crippen LogP) is 1.29. The van der Waals surface area contributed by atoms with Gasteiger partial charge < -0.3 is 15.5 Å². The zero-order valence-corrected chi connectivity index (χ0v) is 11.1. The molecule has 0 saturated carbocycles. The Labute approximate surface area is 115 Å². The normalized spacial score (nSPS) is 25.4. The van der Waals surface area contributed by atoms with Gasteiger partial charge in [0.25, 0.3) is 5.91 Å². The fraction of sp³-hybridized carbons (Fsp3) is 0.286. The van der Waals surface area contributed by atoms with Crippen LogP contribution in [-0.4, -0.2) is 29.9 Å². The molecule has 0 spiro atoms. The third-order valence-corrected chi connectivity index (χ3v) is 3.86. The third-order valence-electron chi connectivity index (χ3n) is 3.86. The maximum Gasteiger partial charge on any atom is 0.319 e. The van der Waals surface area contributed by atoms with Crippen LogP contribution >= 0.6 is 0 Å². The minimum Gasteiger partial charge on any atom is -0.334 e. The van der Waals surface area contributed by atoms with Crippen molar-refractivity contribution in [1.29, 1.82) is 0 Å². The topological polar surface area (TPSA) is 61.4 Å². The van der Waals surface area contributed by atoms with Crippen LogP contribution in [0.15, 0.2) is 35.5 Å². The number of nitrogens with one attached hydrogen (secondary N) is 2. The van der Waals surface area contributed by atoms with Crippen LogP contribution in [0, 0.1) is 5.82 Å². The first-order valence-electron chi connectivity index (χ1n) is 6.33. The molecule has 2 aliphatic rings. The van der Waals surface area contributed by atoms with Crippen molar-refractivity contribution in [3.63, 3.8) is 0 Å². The molecule has 0 radical (unpaired) electrons. The molecule has 104 valence electrons. The van der Waals surface area contributed by atoms with E-state index in [1.165, 1.54) is 12.1 Å². The molecule has 0 aromatic heterocycles. The Morgan fingerprint density at radius 1 is 1.20 bits per heavy atom. The number of hydrogen-bond acceptors (Lipinski definition) is 2. The van der Waals surface area contributed by atoms with Crippen LogP contribution in [0.1, 0.15) is 18.5 Å². The molecule has 2 N–H and O–H groups in total. The van der Waals surface area contributed by atoms with Gasteiger partial charge in [-0.1, -0.05) is 12.1 Å². The molecule has 0 bridgehead atoms. The highest BCUT2D eigenvalue weighted by Gasteiger charge is 2.42. The summed E-state index contributed by atoms with van der Waals surface area (Å²) in [6.07, 6.45) is 0. The fourth-order valence-electron chi connectivity index (χ4n) is 2.62. The zero-order chi connectivity index (χ0) is 14.4.